The highest BCUT2D eigenvalue weighted by Gasteiger charge is 2.26. The summed E-state index contributed by atoms with van der Waals surface area (Å²) in [5, 5.41) is 22.2. The Morgan fingerprint density at radius 3 is 1.80 bits per heavy atom. The van der Waals surface area contributed by atoms with Crippen molar-refractivity contribution in [3.8, 4) is 11.5 Å². The first-order chi connectivity index (χ1) is 23.8. The number of hydrogen-bond acceptors (Lipinski definition) is 7. The molecule has 0 aliphatic heterocycles. The zero-order valence-electron chi connectivity index (χ0n) is 29.9. The van der Waals surface area contributed by atoms with E-state index in [9.17, 15) is 24.6 Å². The molecule has 3 N–H and O–H groups in total. The van der Waals surface area contributed by atoms with Gasteiger partial charge in [0.15, 0.2) is 11.5 Å². The van der Waals surface area contributed by atoms with Gasteiger partial charge >= 0.3 is 11.9 Å². The third-order valence-corrected chi connectivity index (χ3v) is 7.30. The van der Waals surface area contributed by atoms with E-state index in [0.717, 1.165) is 64.2 Å². The first kappa shape index (κ1) is 42.7. The van der Waals surface area contributed by atoms with E-state index in [1.807, 2.05) is 12.2 Å². The summed E-state index contributed by atoms with van der Waals surface area (Å²) in [6, 6.07) is 3.08. The Kier molecular flexibility index (Phi) is 25.0. The number of esters is 2. The van der Waals surface area contributed by atoms with Crippen LogP contribution in [0.3, 0.4) is 0 Å². The molecule has 0 saturated heterocycles. The predicted octanol–water partition coefficient (Wildman–Crippen LogP) is 9.40. The maximum atomic E-state index is 13.0. The normalized spacial score (nSPS) is 13.4. The van der Waals surface area contributed by atoms with E-state index in [1.54, 1.807) is 6.07 Å². The second-order valence-electron chi connectivity index (χ2n) is 11.8. The Morgan fingerprint density at radius 1 is 0.694 bits per heavy atom. The zero-order chi connectivity index (χ0) is 36.0. The molecule has 0 bridgehead atoms. The second kappa shape index (κ2) is 28.7. The topological polar surface area (TPSA) is 122 Å². The first-order valence-corrected chi connectivity index (χ1v) is 17.9. The minimum Gasteiger partial charge on any atom is -0.504 e. The van der Waals surface area contributed by atoms with E-state index >= 15 is 0 Å². The predicted molar refractivity (Wildman–Crippen MR) is 198 cm³/mol. The molecule has 2 atom stereocenters. The third kappa shape index (κ3) is 23.6. The smallest absolute Gasteiger partial charge is 0.332 e. The van der Waals surface area contributed by atoms with Gasteiger partial charge in [-0.1, -0.05) is 119 Å². The fourth-order valence-electron chi connectivity index (χ4n) is 4.63. The molecular weight excluding hydrogens is 618 g/mol. The molecule has 2 unspecified atom stereocenters. The molecule has 0 aliphatic carbocycles. The fraction of sp³-hybridized carbons (Fsp3) is 0.488. The number of allylic oxidation sites excluding steroid dienone is 12. The highest BCUT2D eigenvalue weighted by atomic mass is 16.7. The Balaban J connectivity index is 2.47. The van der Waals surface area contributed by atoms with Crippen molar-refractivity contribution in [2.75, 3.05) is 0 Å². The SMILES string of the molecule is CC/C=C\C/C=C\C/C=C\C/C=C\C/C=C\C/C=C\CCC(=O)NC(Cc1ccc(O)c(O)c1)C(=O)OC(C)OC(=O)CCCCCCC. The van der Waals surface area contributed by atoms with Crippen LogP contribution in [0, 0.1) is 0 Å². The second-order valence-corrected chi connectivity index (χ2v) is 11.8. The first-order valence-electron chi connectivity index (χ1n) is 17.9. The van der Waals surface area contributed by atoms with Crippen LogP contribution in [0.25, 0.3) is 0 Å². The number of carbonyl (C=O) groups is 3. The number of aromatic hydroxyl groups is 2. The summed E-state index contributed by atoms with van der Waals surface area (Å²) in [5.74, 6) is -2.19. The molecule has 0 aromatic heterocycles. The van der Waals surface area contributed by atoms with Gasteiger partial charge in [-0.15, -0.1) is 0 Å². The van der Waals surface area contributed by atoms with Crippen molar-refractivity contribution in [1.29, 1.82) is 0 Å². The van der Waals surface area contributed by atoms with Crippen LogP contribution >= 0.6 is 0 Å². The number of nitrogens with one attached hydrogen (secondary N) is 1. The molecule has 8 nitrogen and oxygen atoms in total. The Morgan fingerprint density at radius 2 is 1.24 bits per heavy atom. The Labute approximate surface area is 294 Å². The highest BCUT2D eigenvalue weighted by Crippen LogP contribution is 2.25. The van der Waals surface area contributed by atoms with Gasteiger partial charge in [-0.25, -0.2) is 4.79 Å². The Hall–Kier alpha value is -4.33. The molecule has 8 heteroatoms. The molecule has 270 valence electrons. The van der Waals surface area contributed by atoms with Gasteiger partial charge in [0, 0.05) is 26.2 Å². The number of phenols is 2. The van der Waals surface area contributed by atoms with E-state index in [4.69, 9.17) is 9.47 Å². The van der Waals surface area contributed by atoms with Crippen molar-refractivity contribution in [1.82, 2.24) is 5.32 Å². The number of phenolic OH excluding ortho intramolecular Hbond substituents is 2. The highest BCUT2D eigenvalue weighted by molar-refractivity contribution is 5.85. The van der Waals surface area contributed by atoms with Crippen molar-refractivity contribution in [3.05, 3.63) is 96.7 Å². The summed E-state index contributed by atoms with van der Waals surface area (Å²) >= 11 is 0. The summed E-state index contributed by atoms with van der Waals surface area (Å²) in [4.78, 5) is 38.0. The molecule has 0 heterocycles. The van der Waals surface area contributed by atoms with Crippen molar-refractivity contribution in [2.24, 2.45) is 0 Å². The average molecular weight is 678 g/mol. The van der Waals surface area contributed by atoms with Gasteiger partial charge in [0.05, 0.1) is 0 Å². The van der Waals surface area contributed by atoms with E-state index in [2.05, 4.69) is 79.9 Å². The van der Waals surface area contributed by atoms with Gasteiger partial charge in [-0.05, 0) is 69.1 Å². The van der Waals surface area contributed by atoms with E-state index in [-0.39, 0.29) is 36.7 Å². The summed E-state index contributed by atoms with van der Waals surface area (Å²) in [5.41, 5.74) is 0.506. The summed E-state index contributed by atoms with van der Waals surface area (Å²) < 4.78 is 10.6. The molecule has 0 aliphatic rings. The summed E-state index contributed by atoms with van der Waals surface area (Å²) in [6.45, 7) is 5.72. The van der Waals surface area contributed by atoms with Crippen LogP contribution in [-0.4, -0.2) is 40.4 Å². The lowest BCUT2D eigenvalue weighted by atomic mass is 10.0. The number of ether oxygens (including phenoxy) is 2. The van der Waals surface area contributed by atoms with E-state index in [0.29, 0.717) is 18.4 Å². The summed E-state index contributed by atoms with van der Waals surface area (Å²) in [7, 11) is 0. The van der Waals surface area contributed by atoms with Crippen LogP contribution in [0.5, 0.6) is 11.5 Å². The van der Waals surface area contributed by atoms with Crippen molar-refractivity contribution < 1.29 is 34.1 Å². The summed E-state index contributed by atoms with van der Waals surface area (Å²) in [6.07, 6.45) is 35.7. The van der Waals surface area contributed by atoms with Gasteiger partial charge in [0.1, 0.15) is 6.04 Å². The standard InChI is InChI=1S/C41H59NO7/c1-4-6-8-10-11-12-13-14-15-16-17-18-19-20-21-22-23-25-26-28-39(45)42-36(32-35-30-31-37(43)38(44)33-35)41(47)49-34(3)48-40(46)29-27-24-9-7-5-2/h6,8,11-12,14-15,17-18,20-21,23,25,30-31,33-34,36,43-44H,4-5,7,9-10,13,16,19,22,24,26-29,32H2,1-3H3,(H,42,45)/b8-6-,12-11-,15-14-,18-17-,21-20-,25-23-. The molecule has 49 heavy (non-hydrogen) atoms. The number of benzene rings is 1. The van der Waals surface area contributed by atoms with Crippen LogP contribution in [0.2, 0.25) is 0 Å². The third-order valence-electron chi connectivity index (χ3n) is 7.30. The number of unbranched alkanes of at least 4 members (excludes halogenated alkanes) is 4. The van der Waals surface area contributed by atoms with E-state index < -0.39 is 24.3 Å². The number of hydrogen-bond donors (Lipinski definition) is 3. The van der Waals surface area contributed by atoms with E-state index in [1.165, 1.54) is 19.1 Å². The molecule has 0 saturated carbocycles. The van der Waals surface area contributed by atoms with Gasteiger partial charge in [0.2, 0.25) is 12.2 Å². The van der Waals surface area contributed by atoms with Gasteiger partial charge < -0.3 is 25.0 Å². The molecule has 1 aromatic rings. The number of amides is 1. The average Bonchev–Trinajstić information content (AvgIpc) is 3.07. The van der Waals surface area contributed by atoms with Crippen LogP contribution in [-0.2, 0) is 30.3 Å². The molecular formula is C41H59NO7. The number of carbonyl (C=O) groups excluding carboxylic acids is 3. The molecule has 1 aromatic carbocycles. The van der Waals surface area contributed by atoms with Gasteiger partial charge in [-0.3, -0.25) is 9.59 Å². The van der Waals surface area contributed by atoms with Gasteiger partial charge in [-0.2, -0.15) is 0 Å². The van der Waals surface area contributed by atoms with Crippen molar-refractivity contribution >= 4 is 17.8 Å². The Bertz CT molecular complexity index is 1260. The monoisotopic (exact) mass is 677 g/mol. The van der Waals surface area contributed by atoms with Crippen LogP contribution in [0.15, 0.2) is 91.1 Å². The maximum Gasteiger partial charge on any atom is 0.332 e. The largest absolute Gasteiger partial charge is 0.504 e. The van der Waals surface area contributed by atoms with Crippen LogP contribution in [0.1, 0.15) is 116 Å². The lowest BCUT2D eigenvalue weighted by Gasteiger charge is -2.21. The molecule has 0 spiro atoms. The lowest BCUT2D eigenvalue weighted by molar-refractivity contribution is -0.186. The lowest BCUT2D eigenvalue weighted by Crippen LogP contribution is -2.44. The quantitative estimate of drug-likeness (QED) is 0.0294. The molecule has 0 fully saturated rings. The minimum absolute atomic E-state index is 0.0103. The minimum atomic E-state index is -1.12. The van der Waals surface area contributed by atoms with Crippen molar-refractivity contribution in [2.45, 2.75) is 129 Å². The maximum absolute atomic E-state index is 13.0. The zero-order valence-corrected chi connectivity index (χ0v) is 29.9. The molecule has 0 radical (unpaired) electrons. The van der Waals surface area contributed by atoms with Crippen LogP contribution < -0.4 is 5.32 Å². The molecule has 1 amide bonds. The van der Waals surface area contributed by atoms with Crippen LogP contribution in [0.4, 0.5) is 0 Å². The number of rotatable bonds is 26. The van der Waals surface area contributed by atoms with Gasteiger partial charge in [0.25, 0.3) is 0 Å². The molecule has 1 rings (SSSR count). The van der Waals surface area contributed by atoms with Crippen molar-refractivity contribution in [3.63, 3.8) is 0 Å². The fourth-order valence-corrected chi connectivity index (χ4v) is 4.63.